The van der Waals surface area contributed by atoms with Crippen molar-refractivity contribution in [3.63, 3.8) is 0 Å². The molecule has 0 radical (unpaired) electrons. The lowest BCUT2D eigenvalue weighted by molar-refractivity contribution is -0.163. The molecule has 128 valence electrons. The summed E-state index contributed by atoms with van der Waals surface area (Å²) in [6.07, 6.45) is 2.94. The Balaban J connectivity index is 1.68. The lowest BCUT2D eigenvalue weighted by Gasteiger charge is -2.28. The van der Waals surface area contributed by atoms with Crippen LogP contribution in [-0.2, 0) is 29.1 Å². The van der Waals surface area contributed by atoms with Crippen LogP contribution in [0.4, 0.5) is 8.78 Å². The number of ether oxygens (including phenoxy) is 3. The number of hydrogen-bond acceptors (Lipinski definition) is 6. The standard InChI is InChI=1S/C12H18F2O7S/c13-12(14,22(16,17)18)11(15)21-5-8-1-3-9(4-2-8)19-6-10-7-20-10/h8-10H,1-7H2,(H,16,17,18). The molecule has 1 atom stereocenters. The number of carbonyl (C=O) groups is 1. The van der Waals surface area contributed by atoms with E-state index in [0.29, 0.717) is 38.9 Å². The van der Waals surface area contributed by atoms with Crippen molar-refractivity contribution in [2.45, 2.75) is 43.1 Å². The third kappa shape index (κ3) is 4.58. The second-order valence-electron chi connectivity index (χ2n) is 5.52. The molecule has 2 aliphatic rings. The number of rotatable bonds is 7. The molecule has 1 saturated heterocycles. The van der Waals surface area contributed by atoms with Crippen LogP contribution >= 0.6 is 0 Å². The van der Waals surface area contributed by atoms with Gasteiger partial charge in [0, 0.05) is 0 Å². The maximum absolute atomic E-state index is 13.0. The minimum Gasteiger partial charge on any atom is -0.460 e. The van der Waals surface area contributed by atoms with E-state index < -0.39 is 21.3 Å². The third-order valence-corrected chi connectivity index (χ3v) is 4.54. The molecule has 10 heteroatoms. The average molecular weight is 344 g/mol. The van der Waals surface area contributed by atoms with Crippen LogP contribution in [0.5, 0.6) is 0 Å². The molecule has 0 aromatic heterocycles. The molecule has 22 heavy (non-hydrogen) atoms. The van der Waals surface area contributed by atoms with Gasteiger partial charge in [0.2, 0.25) is 0 Å². The van der Waals surface area contributed by atoms with E-state index in [4.69, 9.17) is 14.0 Å². The first kappa shape index (κ1) is 17.5. The number of epoxide rings is 1. The van der Waals surface area contributed by atoms with Crippen LogP contribution in [0.15, 0.2) is 0 Å². The summed E-state index contributed by atoms with van der Waals surface area (Å²) in [7, 11) is -5.81. The molecule has 0 amide bonds. The SMILES string of the molecule is O=C(OCC1CCC(OCC2CO2)CC1)C(F)(F)S(=O)(=O)O. The Hall–Kier alpha value is -0.840. The molecule has 1 aliphatic carbocycles. The fraction of sp³-hybridized carbons (Fsp3) is 0.917. The molecule has 2 fully saturated rings. The summed E-state index contributed by atoms with van der Waals surface area (Å²) in [6.45, 7) is 0.959. The van der Waals surface area contributed by atoms with Gasteiger partial charge in [-0.05, 0) is 31.6 Å². The lowest BCUT2D eigenvalue weighted by Crippen LogP contribution is -2.39. The quantitative estimate of drug-likeness (QED) is 0.417. The van der Waals surface area contributed by atoms with E-state index in [2.05, 4.69) is 4.74 Å². The molecule has 1 N–H and O–H groups in total. The van der Waals surface area contributed by atoms with Crippen molar-refractivity contribution in [2.24, 2.45) is 5.92 Å². The van der Waals surface area contributed by atoms with E-state index in [-0.39, 0.29) is 24.7 Å². The van der Waals surface area contributed by atoms with Crippen molar-refractivity contribution >= 4 is 16.1 Å². The number of alkyl halides is 2. The van der Waals surface area contributed by atoms with Crippen molar-refractivity contribution in [3.8, 4) is 0 Å². The first-order valence-electron chi connectivity index (χ1n) is 6.95. The number of hydrogen-bond donors (Lipinski definition) is 1. The summed E-state index contributed by atoms with van der Waals surface area (Å²) in [5, 5.41) is -4.93. The molecule has 0 aromatic rings. The van der Waals surface area contributed by atoms with E-state index in [0.717, 1.165) is 0 Å². The second-order valence-corrected chi connectivity index (χ2v) is 6.98. The highest BCUT2D eigenvalue weighted by Crippen LogP contribution is 2.28. The molecular formula is C12H18F2O7S. The zero-order valence-corrected chi connectivity index (χ0v) is 12.6. The molecule has 1 heterocycles. The Labute approximate surface area is 126 Å². The predicted octanol–water partition coefficient (Wildman–Crippen LogP) is 0.984. The Bertz CT molecular complexity index is 496. The molecule has 0 aromatic carbocycles. The first-order valence-corrected chi connectivity index (χ1v) is 8.39. The molecule has 1 aliphatic heterocycles. The number of carbonyl (C=O) groups excluding carboxylic acids is 1. The highest BCUT2D eigenvalue weighted by atomic mass is 32.2. The Kier molecular flexibility index (Phi) is 5.36. The summed E-state index contributed by atoms with van der Waals surface area (Å²) >= 11 is 0. The van der Waals surface area contributed by atoms with E-state index in [9.17, 15) is 22.0 Å². The van der Waals surface area contributed by atoms with Crippen molar-refractivity contribution in [1.29, 1.82) is 0 Å². The van der Waals surface area contributed by atoms with Crippen LogP contribution in [0.25, 0.3) is 0 Å². The molecule has 1 saturated carbocycles. The van der Waals surface area contributed by atoms with E-state index >= 15 is 0 Å². The largest absolute Gasteiger partial charge is 0.465 e. The van der Waals surface area contributed by atoms with Gasteiger partial charge in [-0.3, -0.25) is 4.55 Å². The Morgan fingerprint density at radius 1 is 1.23 bits per heavy atom. The van der Waals surface area contributed by atoms with Crippen LogP contribution in [-0.4, -0.2) is 56.2 Å². The minimum absolute atomic E-state index is 0.0791. The zero-order valence-electron chi connectivity index (χ0n) is 11.7. The summed E-state index contributed by atoms with van der Waals surface area (Å²) in [4.78, 5) is 11.1. The van der Waals surface area contributed by atoms with Gasteiger partial charge in [0.1, 0.15) is 6.10 Å². The first-order chi connectivity index (χ1) is 10.2. The van der Waals surface area contributed by atoms with Crippen LogP contribution in [0.3, 0.4) is 0 Å². The van der Waals surface area contributed by atoms with E-state index in [1.807, 2.05) is 0 Å². The Morgan fingerprint density at radius 2 is 1.82 bits per heavy atom. The monoisotopic (exact) mass is 344 g/mol. The fourth-order valence-electron chi connectivity index (χ4n) is 2.26. The summed E-state index contributed by atoms with van der Waals surface area (Å²) in [5.41, 5.74) is 0. The smallest absolute Gasteiger partial charge is 0.460 e. The minimum atomic E-state index is -5.81. The molecule has 1 unspecified atom stereocenters. The van der Waals surface area contributed by atoms with Gasteiger partial charge in [0.15, 0.2) is 0 Å². The Morgan fingerprint density at radius 3 is 2.32 bits per heavy atom. The normalized spacial score (nSPS) is 29.1. The van der Waals surface area contributed by atoms with E-state index in [1.54, 1.807) is 0 Å². The van der Waals surface area contributed by atoms with Crippen LogP contribution in [0.2, 0.25) is 0 Å². The van der Waals surface area contributed by atoms with Gasteiger partial charge in [0.25, 0.3) is 0 Å². The molecule has 7 nitrogen and oxygen atoms in total. The van der Waals surface area contributed by atoms with Crippen molar-refractivity contribution in [2.75, 3.05) is 19.8 Å². The van der Waals surface area contributed by atoms with Crippen molar-refractivity contribution < 1.29 is 40.8 Å². The van der Waals surface area contributed by atoms with Gasteiger partial charge in [-0.1, -0.05) is 0 Å². The molecule has 0 bridgehead atoms. The van der Waals surface area contributed by atoms with Gasteiger partial charge in [0.05, 0.1) is 25.9 Å². The molecule has 0 spiro atoms. The fourth-order valence-corrected chi connectivity index (χ4v) is 2.53. The van der Waals surface area contributed by atoms with Crippen molar-refractivity contribution in [1.82, 2.24) is 0 Å². The maximum atomic E-state index is 13.0. The van der Waals surface area contributed by atoms with Gasteiger partial charge < -0.3 is 14.2 Å². The van der Waals surface area contributed by atoms with Gasteiger partial charge in [-0.25, -0.2) is 4.79 Å². The average Bonchev–Trinajstić information content (AvgIpc) is 3.26. The van der Waals surface area contributed by atoms with Gasteiger partial charge in [-0.15, -0.1) is 0 Å². The van der Waals surface area contributed by atoms with Crippen molar-refractivity contribution in [3.05, 3.63) is 0 Å². The highest BCUT2D eigenvalue weighted by Gasteiger charge is 2.54. The summed E-state index contributed by atoms with van der Waals surface area (Å²) in [5.74, 6) is -2.38. The van der Waals surface area contributed by atoms with Crippen LogP contribution in [0.1, 0.15) is 25.7 Å². The number of halogens is 2. The van der Waals surface area contributed by atoms with Crippen LogP contribution < -0.4 is 0 Å². The highest BCUT2D eigenvalue weighted by molar-refractivity contribution is 7.87. The second kappa shape index (κ2) is 6.73. The zero-order chi connectivity index (χ0) is 16.4. The van der Waals surface area contributed by atoms with Gasteiger partial charge >= 0.3 is 21.3 Å². The molecular weight excluding hydrogens is 326 g/mol. The maximum Gasteiger partial charge on any atom is 0.465 e. The number of esters is 1. The van der Waals surface area contributed by atoms with E-state index in [1.165, 1.54) is 0 Å². The van der Waals surface area contributed by atoms with Gasteiger partial charge in [-0.2, -0.15) is 17.2 Å². The molecule has 2 rings (SSSR count). The summed E-state index contributed by atoms with van der Waals surface area (Å²) in [6, 6.07) is 0. The lowest BCUT2D eigenvalue weighted by atomic mass is 9.88. The third-order valence-electron chi connectivity index (χ3n) is 3.73. The topological polar surface area (TPSA) is 102 Å². The predicted molar refractivity (Wildman–Crippen MR) is 68.9 cm³/mol. The summed E-state index contributed by atoms with van der Waals surface area (Å²) < 4.78 is 70.0. The van der Waals surface area contributed by atoms with Crippen LogP contribution in [0, 0.1) is 5.92 Å².